The normalized spacial score (nSPS) is 10.5. The molecule has 0 rings (SSSR count). The number of hydrogen-bond acceptors (Lipinski definition) is 4. The number of nitrogens with one attached hydrogen (secondary N) is 2. The van der Waals surface area contributed by atoms with Crippen molar-refractivity contribution in [3.8, 4) is 0 Å². The number of ether oxygens (including phenoxy) is 1. The molecule has 0 aromatic carbocycles. The van der Waals surface area contributed by atoms with E-state index in [9.17, 15) is 14.2 Å². The summed E-state index contributed by atoms with van der Waals surface area (Å²) < 4.78 is 15.1. The van der Waals surface area contributed by atoms with E-state index in [1.54, 1.807) is 0 Å². The molecule has 0 radical (unpaired) electrons. The minimum absolute atomic E-state index is 0.0337. The second-order valence-corrected chi connectivity index (χ2v) is 4.82. The summed E-state index contributed by atoms with van der Waals surface area (Å²) in [4.78, 5) is 38.8. The fourth-order valence-electron chi connectivity index (χ4n) is 0.669. The maximum absolute atomic E-state index is 10.9. The lowest BCUT2D eigenvalue weighted by Crippen LogP contribution is -2.37. The van der Waals surface area contributed by atoms with Crippen molar-refractivity contribution in [2.75, 3.05) is 19.4 Å². The molecule has 0 aliphatic heterocycles. The van der Waals surface area contributed by atoms with Crippen LogP contribution < -0.4 is 10.6 Å². The van der Waals surface area contributed by atoms with Crippen molar-refractivity contribution in [2.45, 2.75) is 6.92 Å². The first-order chi connectivity index (χ1) is 7.72. The molecule has 8 nitrogen and oxygen atoms in total. The van der Waals surface area contributed by atoms with Gasteiger partial charge in [-0.3, -0.25) is 4.57 Å². The molecule has 0 fully saturated rings. The first-order valence-corrected chi connectivity index (χ1v) is 6.41. The molecule has 98 valence electrons. The summed E-state index contributed by atoms with van der Waals surface area (Å²) in [6, 6.07) is -0.750. The Morgan fingerprint density at radius 1 is 1.35 bits per heavy atom. The van der Waals surface area contributed by atoms with Gasteiger partial charge in [0.25, 0.3) is 0 Å². The highest BCUT2D eigenvalue weighted by Gasteiger charge is 2.13. The molecule has 0 saturated heterocycles. The first-order valence-electron chi connectivity index (χ1n) is 4.61. The summed E-state index contributed by atoms with van der Waals surface area (Å²) in [5.41, 5.74) is 0.246. The number of carbonyl (C=O) groups excluding carboxylic acids is 2. The second-order valence-electron chi connectivity index (χ2n) is 3.17. The smallest absolute Gasteiger partial charge is 0.344 e. The van der Waals surface area contributed by atoms with E-state index in [1.165, 1.54) is 6.92 Å². The second kappa shape index (κ2) is 7.05. The van der Waals surface area contributed by atoms with Crippen molar-refractivity contribution in [3.05, 3.63) is 12.2 Å². The highest BCUT2D eigenvalue weighted by atomic mass is 31.2. The number of carbonyl (C=O) groups is 2. The lowest BCUT2D eigenvalue weighted by atomic mass is 10.4. The van der Waals surface area contributed by atoms with Crippen LogP contribution in [-0.2, 0) is 14.1 Å². The molecule has 0 aromatic rings. The fraction of sp³-hybridized carbons (Fsp3) is 0.500. The molecule has 0 spiro atoms. The summed E-state index contributed by atoms with van der Waals surface area (Å²) in [5.74, 6) is -0.567. The molecular formula is C8H15N2O6P. The van der Waals surface area contributed by atoms with Gasteiger partial charge in [-0.05, 0) is 6.92 Å². The van der Waals surface area contributed by atoms with E-state index in [0.717, 1.165) is 0 Å². The third-order valence-electron chi connectivity index (χ3n) is 1.41. The average Bonchev–Trinajstić information content (AvgIpc) is 2.20. The van der Waals surface area contributed by atoms with E-state index in [4.69, 9.17) is 9.79 Å². The predicted molar refractivity (Wildman–Crippen MR) is 59.2 cm³/mol. The molecule has 0 unspecified atom stereocenters. The minimum Gasteiger partial charge on any atom is -0.460 e. The third-order valence-corrected chi connectivity index (χ3v) is 1.98. The van der Waals surface area contributed by atoms with Crippen LogP contribution in [0.2, 0.25) is 0 Å². The van der Waals surface area contributed by atoms with Crippen molar-refractivity contribution in [2.24, 2.45) is 0 Å². The van der Waals surface area contributed by atoms with Crippen LogP contribution in [0.3, 0.4) is 0 Å². The van der Waals surface area contributed by atoms with Gasteiger partial charge in [-0.2, -0.15) is 0 Å². The van der Waals surface area contributed by atoms with E-state index in [1.807, 2.05) is 5.32 Å². The Morgan fingerprint density at radius 2 is 1.94 bits per heavy atom. The molecule has 0 aliphatic carbocycles. The Balaban J connectivity index is 3.62. The molecule has 2 amide bonds. The van der Waals surface area contributed by atoms with Crippen LogP contribution in [-0.4, -0.2) is 41.2 Å². The summed E-state index contributed by atoms with van der Waals surface area (Å²) in [7, 11) is -4.26. The lowest BCUT2D eigenvalue weighted by Gasteiger charge is -2.08. The van der Waals surface area contributed by atoms with Crippen LogP contribution >= 0.6 is 7.60 Å². The summed E-state index contributed by atoms with van der Waals surface area (Å²) in [6.07, 6.45) is -0.746. The first kappa shape index (κ1) is 15.6. The van der Waals surface area contributed by atoms with Crippen molar-refractivity contribution in [3.63, 3.8) is 0 Å². The molecule has 0 atom stereocenters. The van der Waals surface area contributed by atoms with E-state index < -0.39 is 25.9 Å². The highest BCUT2D eigenvalue weighted by Crippen LogP contribution is 2.31. The van der Waals surface area contributed by atoms with Gasteiger partial charge in [0.05, 0.1) is 6.54 Å². The van der Waals surface area contributed by atoms with Gasteiger partial charge >= 0.3 is 19.6 Å². The molecule has 0 aliphatic rings. The van der Waals surface area contributed by atoms with Crippen molar-refractivity contribution in [1.29, 1.82) is 0 Å². The SMILES string of the molecule is C=C(C)C(=O)OCCNC(=O)NCP(=O)(O)O. The molecule has 0 bridgehead atoms. The zero-order valence-electron chi connectivity index (χ0n) is 9.30. The number of urea groups is 1. The van der Waals surface area contributed by atoms with Crippen LogP contribution in [0.4, 0.5) is 4.79 Å². The Hall–Kier alpha value is -1.37. The lowest BCUT2D eigenvalue weighted by molar-refractivity contribution is -0.138. The molecule has 0 aromatic heterocycles. The fourth-order valence-corrected chi connectivity index (χ4v) is 1.02. The molecule has 0 saturated carbocycles. The molecular weight excluding hydrogens is 251 g/mol. The standard InChI is InChI=1S/C8H15N2O6P/c1-6(2)7(11)16-4-3-9-8(12)10-5-17(13,14)15/h1,3-5H2,2H3,(H2,9,10,12)(H2,13,14,15). The van der Waals surface area contributed by atoms with Gasteiger partial charge in [-0.25, -0.2) is 9.59 Å². The Labute approximate surface area is 98.2 Å². The third kappa shape index (κ3) is 9.55. The highest BCUT2D eigenvalue weighted by molar-refractivity contribution is 7.51. The zero-order valence-corrected chi connectivity index (χ0v) is 10.2. The summed E-state index contributed by atoms with van der Waals surface area (Å²) in [5, 5.41) is 4.21. The maximum atomic E-state index is 10.9. The van der Waals surface area contributed by atoms with E-state index in [0.29, 0.717) is 0 Å². The quantitative estimate of drug-likeness (QED) is 0.223. The van der Waals surface area contributed by atoms with Gasteiger partial charge in [0.15, 0.2) is 0 Å². The van der Waals surface area contributed by atoms with Gasteiger partial charge in [-0.1, -0.05) is 6.58 Å². The average molecular weight is 266 g/mol. The van der Waals surface area contributed by atoms with Gasteiger partial charge in [0, 0.05) is 5.57 Å². The number of amides is 2. The van der Waals surface area contributed by atoms with Crippen LogP contribution in [0.25, 0.3) is 0 Å². The van der Waals surface area contributed by atoms with Gasteiger partial charge in [-0.15, -0.1) is 0 Å². The van der Waals surface area contributed by atoms with Crippen molar-refractivity contribution in [1.82, 2.24) is 10.6 Å². The van der Waals surface area contributed by atoms with Crippen LogP contribution in [0.15, 0.2) is 12.2 Å². The number of rotatable bonds is 6. The summed E-state index contributed by atoms with van der Waals surface area (Å²) in [6.45, 7) is 4.84. The Bertz CT molecular complexity index is 350. The minimum atomic E-state index is -4.26. The van der Waals surface area contributed by atoms with Crippen molar-refractivity contribution >= 4 is 19.6 Å². The Kier molecular flexibility index (Phi) is 6.48. The summed E-state index contributed by atoms with van der Waals surface area (Å²) >= 11 is 0. The van der Waals surface area contributed by atoms with E-state index in [2.05, 4.69) is 16.6 Å². The van der Waals surface area contributed by atoms with Gasteiger partial charge in [0.2, 0.25) is 0 Å². The largest absolute Gasteiger partial charge is 0.460 e. The van der Waals surface area contributed by atoms with Crippen LogP contribution in [0, 0.1) is 0 Å². The van der Waals surface area contributed by atoms with E-state index >= 15 is 0 Å². The van der Waals surface area contributed by atoms with Crippen LogP contribution in [0.5, 0.6) is 0 Å². The zero-order chi connectivity index (χ0) is 13.5. The molecule has 0 heterocycles. The van der Waals surface area contributed by atoms with E-state index in [-0.39, 0.29) is 18.7 Å². The molecule has 17 heavy (non-hydrogen) atoms. The Morgan fingerprint density at radius 3 is 2.41 bits per heavy atom. The monoisotopic (exact) mass is 266 g/mol. The van der Waals surface area contributed by atoms with Gasteiger partial charge < -0.3 is 25.2 Å². The predicted octanol–water partition coefficient (Wildman–Crippen LogP) is -0.460. The van der Waals surface area contributed by atoms with Crippen LogP contribution in [0.1, 0.15) is 6.92 Å². The van der Waals surface area contributed by atoms with Gasteiger partial charge in [0.1, 0.15) is 12.9 Å². The maximum Gasteiger partial charge on any atom is 0.344 e. The molecule has 9 heteroatoms. The number of esters is 1. The molecule has 4 N–H and O–H groups in total. The van der Waals surface area contributed by atoms with Crippen molar-refractivity contribution < 1.29 is 28.7 Å². The number of hydrogen-bond donors (Lipinski definition) is 4. The topological polar surface area (TPSA) is 125 Å².